The van der Waals surface area contributed by atoms with Gasteiger partial charge in [0.2, 0.25) is 0 Å². The number of hydrogen-bond donors (Lipinski definition) is 1. The van der Waals surface area contributed by atoms with E-state index >= 15 is 0 Å². The standard InChI is InChI=1S/C15H13FN2O2S/c1-11-2-5-13(16)10-15(11)21(19,20)18-14-6-3-12(4-7-14)8-9-17/h2-7,10,18H,8H2,1H3. The number of nitriles is 1. The summed E-state index contributed by atoms with van der Waals surface area (Å²) in [6.45, 7) is 1.60. The Morgan fingerprint density at radius 3 is 2.48 bits per heavy atom. The summed E-state index contributed by atoms with van der Waals surface area (Å²) in [6, 6.07) is 12.1. The van der Waals surface area contributed by atoms with Crippen LogP contribution in [-0.2, 0) is 16.4 Å². The van der Waals surface area contributed by atoms with Gasteiger partial charge in [-0.15, -0.1) is 0 Å². The summed E-state index contributed by atoms with van der Waals surface area (Å²) in [6.07, 6.45) is 0.260. The zero-order chi connectivity index (χ0) is 15.5. The molecular weight excluding hydrogens is 291 g/mol. The second-order valence-corrected chi connectivity index (χ2v) is 6.20. The number of sulfonamides is 1. The van der Waals surface area contributed by atoms with Gasteiger partial charge in [-0.2, -0.15) is 5.26 Å². The summed E-state index contributed by atoms with van der Waals surface area (Å²) in [7, 11) is -3.85. The Labute approximate surface area is 122 Å². The van der Waals surface area contributed by atoms with Crippen LogP contribution in [0.15, 0.2) is 47.4 Å². The van der Waals surface area contributed by atoms with E-state index in [1.165, 1.54) is 12.1 Å². The number of benzene rings is 2. The molecule has 2 aromatic rings. The van der Waals surface area contributed by atoms with Crippen molar-refractivity contribution in [2.24, 2.45) is 0 Å². The summed E-state index contributed by atoms with van der Waals surface area (Å²) in [5.41, 5.74) is 1.62. The van der Waals surface area contributed by atoms with E-state index in [2.05, 4.69) is 4.72 Å². The normalized spacial score (nSPS) is 10.9. The molecule has 0 fully saturated rings. The molecule has 0 saturated heterocycles. The highest BCUT2D eigenvalue weighted by Crippen LogP contribution is 2.20. The molecule has 0 bridgehead atoms. The van der Waals surface area contributed by atoms with E-state index in [1.54, 1.807) is 31.2 Å². The van der Waals surface area contributed by atoms with Gasteiger partial charge in [-0.05, 0) is 42.3 Å². The summed E-state index contributed by atoms with van der Waals surface area (Å²) in [5, 5.41) is 8.58. The van der Waals surface area contributed by atoms with Crippen LogP contribution in [0.1, 0.15) is 11.1 Å². The molecule has 21 heavy (non-hydrogen) atoms. The maximum atomic E-state index is 13.2. The number of anilines is 1. The number of rotatable bonds is 4. The van der Waals surface area contributed by atoms with Crippen LogP contribution in [0.5, 0.6) is 0 Å². The molecule has 0 heterocycles. The van der Waals surface area contributed by atoms with Crippen molar-refractivity contribution >= 4 is 15.7 Å². The maximum absolute atomic E-state index is 13.2. The zero-order valence-corrected chi connectivity index (χ0v) is 12.1. The van der Waals surface area contributed by atoms with Gasteiger partial charge in [0.15, 0.2) is 0 Å². The van der Waals surface area contributed by atoms with Gasteiger partial charge >= 0.3 is 0 Å². The first-order valence-corrected chi connectivity index (χ1v) is 7.65. The summed E-state index contributed by atoms with van der Waals surface area (Å²) in [4.78, 5) is -0.0939. The minimum absolute atomic E-state index is 0.0939. The fourth-order valence-corrected chi connectivity index (χ4v) is 3.17. The topological polar surface area (TPSA) is 70.0 Å². The minimum Gasteiger partial charge on any atom is -0.280 e. The van der Waals surface area contributed by atoms with Gasteiger partial charge in [-0.1, -0.05) is 18.2 Å². The molecule has 0 spiro atoms. The first-order chi connectivity index (χ1) is 9.92. The molecule has 0 aliphatic rings. The molecule has 0 amide bonds. The predicted molar refractivity (Wildman–Crippen MR) is 77.7 cm³/mol. The van der Waals surface area contributed by atoms with Gasteiger partial charge in [0, 0.05) is 5.69 Å². The van der Waals surface area contributed by atoms with Gasteiger partial charge < -0.3 is 0 Å². The van der Waals surface area contributed by atoms with E-state index in [-0.39, 0.29) is 11.3 Å². The molecule has 0 aromatic heterocycles. The highest BCUT2D eigenvalue weighted by molar-refractivity contribution is 7.92. The van der Waals surface area contributed by atoms with E-state index in [0.29, 0.717) is 11.3 Å². The third-order valence-electron chi connectivity index (χ3n) is 2.93. The summed E-state index contributed by atoms with van der Waals surface area (Å²) in [5.74, 6) is -0.606. The lowest BCUT2D eigenvalue weighted by molar-refractivity contribution is 0.594. The number of nitrogens with one attached hydrogen (secondary N) is 1. The first kappa shape index (κ1) is 15.0. The second kappa shape index (κ2) is 5.94. The van der Waals surface area contributed by atoms with E-state index in [1.807, 2.05) is 6.07 Å². The van der Waals surface area contributed by atoms with Crippen LogP contribution in [-0.4, -0.2) is 8.42 Å². The van der Waals surface area contributed by atoms with Gasteiger partial charge in [0.1, 0.15) is 5.82 Å². The highest BCUT2D eigenvalue weighted by atomic mass is 32.2. The van der Waals surface area contributed by atoms with Gasteiger partial charge in [0.05, 0.1) is 17.4 Å². The number of nitrogens with zero attached hydrogens (tertiary/aromatic N) is 1. The lowest BCUT2D eigenvalue weighted by atomic mass is 10.1. The Kier molecular flexibility index (Phi) is 4.24. The number of aryl methyl sites for hydroxylation is 1. The van der Waals surface area contributed by atoms with Gasteiger partial charge in [0.25, 0.3) is 10.0 Å². The van der Waals surface area contributed by atoms with E-state index in [0.717, 1.165) is 11.6 Å². The third kappa shape index (κ3) is 3.58. The molecular formula is C15H13FN2O2S. The van der Waals surface area contributed by atoms with Crippen molar-refractivity contribution in [3.8, 4) is 6.07 Å². The summed E-state index contributed by atoms with van der Waals surface area (Å²) < 4.78 is 40.1. The Morgan fingerprint density at radius 1 is 1.19 bits per heavy atom. The molecule has 0 atom stereocenters. The average molecular weight is 304 g/mol. The van der Waals surface area contributed by atoms with Crippen molar-refractivity contribution in [3.63, 3.8) is 0 Å². The zero-order valence-electron chi connectivity index (χ0n) is 11.3. The fourth-order valence-electron chi connectivity index (χ4n) is 1.86. The molecule has 0 unspecified atom stereocenters. The number of halogens is 1. The van der Waals surface area contributed by atoms with Crippen molar-refractivity contribution in [2.75, 3.05) is 4.72 Å². The predicted octanol–water partition coefficient (Wildman–Crippen LogP) is 3.00. The third-order valence-corrected chi connectivity index (χ3v) is 4.45. The van der Waals surface area contributed by atoms with Crippen LogP contribution in [0, 0.1) is 24.1 Å². The Bertz CT molecular complexity index is 793. The largest absolute Gasteiger partial charge is 0.280 e. The van der Waals surface area contributed by atoms with Crippen LogP contribution in [0.4, 0.5) is 10.1 Å². The van der Waals surface area contributed by atoms with Crippen LogP contribution in [0.3, 0.4) is 0 Å². The molecule has 0 radical (unpaired) electrons. The molecule has 2 rings (SSSR count). The Balaban J connectivity index is 2.29. The second-order valence-electron chi connectivity index (χ2n) is 4.55. The van der Waals surface area contributed by atoms with Crippen LogP contribution >= 0.6 is 0 Å². The average Bonchev–Trinajstić information content (AvgIpc) is 2.43. The molecule has 108 valence electrons. The van der Waals surface area contributed by atoms with E-state index in [9.17, 15) is 12.8 Å². The van der Waals surface area contributed by atoms with Gasteiger partial charge in [-0.3, -0.25) is 4.72 Å². The molecule has 0 aliphatic heterocycles. The molecule has 2 aromatic carbocycles. The molecule has 6 heteroatoms. The molecule has 1 N–H and O–H groups in total. The molecule has 0 saturated carbocycles. The smallest absolute Gasteiger partial charge is 0.262 e. The molecule has 4 nitrogen and oxygen atoms in total. The monoisotopic (exact) mass is 304 g/mol. The lowest BCUT2D eigenvalue weighted by Gasteiger charge is -2.10. The van der Waals surface area contributed by atoms with Crippen LogP contribution in [0.25, 0.3) is 0 Å². The van der Waals surface area contributed by atoms with E-state index in [4.69, 9.17) is 5.26 Å². The quantitative estimate of drug-likeness (QED) is 0.944. The van der Waals surface area contributed by atoms with Crippen molar-refractivity contribution in [2.45, 2.75) is 18.2 Å². The Morgan fingerprint density at radius 2 is 1.86 bits per heavy atom. The van der Waals surface area contributed by atoms with Gasteiger partial charge in [-0.25, -0.2) is 12.8 Å². The van der Waals surface area contributed by atoms with Crippen molar-refractivity contribution in [3.05, 3.63) is 59.4 Å². The molecule has 0 aliphatic carbocycles. The van der Waals surface area contributed by atoms with E-state index < -0.39 is 15.8 Å². The lowest BCUT2D eigenvalue weighted by Crippen LogP contribution is -2.14. The number of hydrogen-bond acceptors (Lipinski definition) is 3. The van der Waals surface area contributed by atoms with Crippen molar-refractivity contribution in [1.29, 1.82) is 5.26 Å². The highest BCUT2D eigenvalue weighted by Gasteiger charge is 2.17. The van der Waals surface area contributed by atoms with Crippen LogP contribution < -0.4 is 4.72 Å². The van der Waals surface area contributed by atoms with Crippen LogP contribution in [0.2, 0.25) is 0 Å². The first-order valence-electron chi connectivity index (χ1n) is 6.17. The summed E-state index contributed by atoms with van der Waals surface area (Å²) >= 11 is 0. The van der Waals surface area contributed by atoms with Crippen molar-refractivity contribution < 1.29 is 12.8 Å². The fraction of sp³-hybridized carbons (Fsp3) is 0.133. The SMILES string of the molecule is Cc1ccc(F)cc1S(=O)(=O)Nc1ccc(CC#N)cc1. The maximum Gasteiger partial charge on any atom is 0.262 e. The van der Waals surface area contributed by atoms with Crippen molar-refractivity contribution in [1.82, 2.24) is 0 Å². The minimum atomic E-state index is -3.85. The Hall–Kier alpha value is -2.39.